The van der Waals surface area contributed by atoms with Gasteiger partial charge in [-0.25, -0.2) is 24.3 Å². The summed E-state index contributed by atoms with van der Waals surface area (Å²) in [7, 11) is 0. The van der Waals surface area contributed by atoms with Crippen molar-refractivity contribution in [1.82, 2.24) is 19.9 Å². The number of nitrogens with zero attached hydrogens (tertiary/aromatic N) is 4. The molecule has 27 heavy (non-hydrogen) atoms. The molecule has 0 bridgehead atoms. The largest absolute Gasteiger partial charge is 0.506 e. The summed E-state index contributed by atoms with van der Waals surface area (Å²) < 4.78 is 14.2. The standard InChI is InChI=1S/C16H15FN6O.3ClH/c1-2-8-7-21-16(19)23-13(8)14-11(24)4-3-10(22-14)9-5-6-20-15(18)12(9)17;;;/h3-7,24H,2H2,1H3,(H2,18,20)(H2,19,21,23);3*1H. The molecule has 0 fully saturated rings. The van der Waals surface area contributed by atoms with E-state index in [0.29, 0.717) is 17.8 Å². The summed E-state index contributed by atoms with van der Waals surface area (Å²) in [6.45, 7) is 1.92. The molecule has 0 unspecified atom stereocenters. The van der Waals surface area contributed by atoms with Gasteiger partial charge in [0.1, 0.15) is 17.1 Å². The molecule has 0 atom stereocenters. The summed E-state index contributed by atoms with van der Waals surface area (Å²) in [6.07, 6.45) is 3.59. The van der Waals surface area contributed by atoms with E-state index in [9.17, 15) is 9.50 Å². The van der Waals surface area contributed by atoms with Gasteiger partial charge in [0, 0.05) is 18.0 Å². The molecule has 0 saturated carbocycles. The van der Waals surface area contributed by atoms with Gasteiger partial charge in [-0.3, -0.25) is 0 Å². The second kappa shape index (κ2) is 10.1. The Morgan fingerprint density at radius 2 is 1.70 bits per heavy atom. The van der Waals surface area contributed by atoms with Crippen LogP contribution in [0.3, 0.4) is 0 Å². The summed E-state index contributed by atoms with van der Waals surface area (Å²) in [5.74, 6) is -0.911. The van der Waals surface area contributed by atoms with Crippen LogP contribution in [0.1, 0.15) is 12.5 Å². The minimum Gasteiger partial charge on any atom is -0.506 e. The maximum Gasteiger partial charge on any atom is 0.220 e. The summed E-state index contributed by atoms with van der Waals surface area (Å²) in [6, 6.07) is 4.38. The van der Waals surface area contributed by atoms with Crippen LogP contribution in [0, 0.1) is 5.82 Å². The van der Waals surface area contributed by atoms with Crippen molar-refractivity contribution < 1.29 is 9.50 Å². The molecule has 0 aromatic carbocycles. The number of aryl methyl sites for hydroxylation is 1. The SMILES string of the molecule is CCc1cnc(N)nc1-c1nc(-c2ccnc(N)c2F)ccc1O.Cl.Cl.Cl. The van der Waals surface area contributed by atoms with Gasteiger partial charge in [0.15, 0.2) is 11.6 Å². The summed E-state index contributed by atoms with van der Waals surface area (Å²) in [4.78, 5) is 16.1. The van der Waals surface area contributed by atoms with E-state index in [4.69, 9.17) is 11.5 Å². The van der Waals surface area contributed by atoms with Crippen molar-refractivity contribution in [1.29, 1.82) is 0 Å². The molecule has 146 valence electrons. The second-order valence-corrected chi connectivity index (χ2v) is 5.08. The monoisotopic (exact) mass is 434 g/mol. The van der Waals surface area contributed by atoms with E-state index in [1.165, 1.54) is 24.4 Å². The van der Waals surface area contributed by atoms with E-state index in [-0.39, 0.29) is 66.0 Å². The first-order valence-corrected chi connectivity index (χ1v) is 7.23. The van der Waals surface area contributed by atoms with E-state index in [1.54, 1.807) is 6.20 Å². The van der Waals surface area contributed by atoms with Crippen LogP contribution >= 0.6 is 37.2 Å². The number of hydrogen-bond acceptors (Lipinski definition) is 7. The van der Waals surface area contributed by atoms with Gasteiger partial charge in [-0.15, -0.1) is 37.2 Å². The Kier molecular flexibility index (Phi) is 9.15. The zero-order valence-electron chi connectivity index (χ0n) is 14.1. The molecule has 0 radical (unpaired) electrons. The molecular formula is C16H18Cl3FN6O. The number of nitrogens with two attached hydrogens (primary N) is 2. The van der Waals surface area contributed by atoms with Crippen molar-refractivity contribution in [2.45, 2.75) is 13.3 Å². The Labute approximate surface area is 173 Å². The van der Waals surface area contributed by atoms with Crippen molar-refractivity contribution in [3.05, 3.63) is 42.0 Å². The minimum atomic E-state index is -0.667. The average molecular weight is 436 g/mol. The molecule has 11 heteroatoms. The fourth-order valence-corrected chi connectivity index (χ4v) is 2.32. The maximum atomic E-state index is 14.2. The first-order valence-electron chi connectivity index (χ1n) is 7.23. The maximum absolute atomic E-state index is 14.2. The third kappa shape index (κ3) is 4.85. The fraction of sp³-hybridized carbons (Fsp3) is 0.125. The Hall–Kier alpha value is -2.42. The third-order valence-corrected chi connectivity index (χ3v) is 3.55. The Morgan fingerprint density at radius 3 is 2.37 bits per heavy atom. The highest BCUT2D eigenvalue weighted by Crippen LogP contribution is 2.32. The fourth-order valence-electron chi connectivity index (χ4n) is 2.32. The molecule has 0 saturated heterocycles. The lowest BCUT2D eigenvalue weighted by Gasteiger charge is -2.11. The van der Waals surface area contributed by atoms with Gasteiger partial charge in [0.25, 0.3) is 0 Å². The number of aromatic nitrogens is 4. The molecule has 5 N–H and O–H groups in total. The van der Waals surface area contributed by atoms with Crippen LogP contribution < -0.4 is 11.5 Å². The van der Waals surface area contributed by atoms with Crippen molar-refractivity contribution >= 4 is 49.0 Å². The van der Waals surface area contributed by atoms with E-state index in [2.05, 4.69) is 19.9 Å². The summed E-state index contributed by atoms with van der Waals surface area (Å²) in [5, 5.41) is 10.2. The smallest absolute Gasteiger partial charge is 0.220 e. The van der Waals surface area contributed by atoms with Gasteiger partial charge < -0.3 is 16.6 Å². The van der Waals surface area contributed by atoms with E-state index in [1.807, 2.05) is 6.92 Å². The highest BCUT2D eigenvalue weighted by Gasteiger charge is 2.17. The molecule has 3 rings (SSSR count). The van der Waals surface area contributed by atoms with Crippen molar-refractivity contribution in [2.24, 2.45) is 0 Å². The Balaban J connectivity index is 0.00000225. The van der Waals surface area contributed by atoms with E-state index >= 15 is 0 Å². The molecule has 7 nitrogen and oxygen atoms in total. The second-order valence-electron chi connectivity index (χ2n) is 5.08. The molecule has 0 amide bonds. The highest BCUT2D eigenvalue weighted by atomic mass is 35.5. The molecule has 0 spiro atoms. The molecule has 0 aliphatic heterocycles. The molecule has 3 aromatic rings. The number of rotatable bonds is 3. The average Bonchev–Trinajstić information content (AvgIpc) is 2.58. The Morgan fingerprint density at radius 1 is 1.00 bits per heavy atom. The normalized spacial score (nSPS) is 9.56. The van der Waals surface area contributed by atoms with Crippen molar-refractivity contribution in [3.8, 4) is 28.4 Å². The number of anilines is 2. The zero-order chi connectivity index (χ0) is 17.3. The van der Waals surface area contributed by atoms with Gasteiger partial charge in [0.05, 0.1) is 5.69 Å². The van der Waals surface area contributed by atoms with E-state index < -0.39 is 5.82 Å². The molecule has 0 aliphatic rings. The number of halogens is 4. The van der Waals surface area contributed by atoms with Gasteiger partial charge in [-0.1, -0.05) is 6.92 Å². The van der Waals surface area contributed by atoms with Gasteiger partial charge in [-0.05, 0) is 30.2 Å². The third-order valence-electron chi connectivity index (χ3n) is 3.55. The lowest BCUT2D eigenvalue weighted by atomic mass is 10.1. The molecular weight excluding hydrogens is 418 g/mol. The summed E-state index contributed by atoms with van der Waals surface area (Å²) in [5.41, 5.74) is 13.0. The van der Waals surface area contributed by atoms with Gasteiger partial charge in [0.2, 0.25) is 5.95 Å². The van der Waals surface area contributed by atoms with Gasteiger partial charge >= 0.3 is 0 Å². The van der Waals surface area contributed by atoms with Crippen LogP contribution in [0.2, 0.25) is 0 Å². The summed E-state index contributed by atoms with van der Waals surface area (Å²) >= 11 is 0. The van der Waals surface area contributed by atoms with Crippen LogP contribution in [-0.4, -0.2) is 25.0 Å². The zero-order valence-corrected chi connectivity index (χ0v) is 16.5. The highest BCUT2D eigenvalue weighted by molar-refractivity contribution is 5.86. The van der Waals surface area contributed by atoms with Crippen LogP contribution in [0.4, 0.5) is 16.2 Å². The first-order chi connectivity index (χ1) is 11.5. The molecule has 0 aliphatic carbocycles. The topological polar surface area (TPSA) is 124 Å². The van der Waals surface area contributed by atoms with Crippen LogP contribution in [-0.2, 0) is 6.42 Å². The number of aromatic hydroxyl groups is 1. The predicted octanol–water partition coefficient (Wildman–Crippen LogP) is 3.44. The van der Waals surface area contributed by atoms with Crippen molar-refractivity contribution in [3.63, 3.8) is 0 Å². The van der Waals surface area contributed by atoms with Gasteiger partial charge in [-0.2, -0.15) is 0 Å². The van der Waals surface area contributed by atoms with Crippen LogP contribution in [0.15, 0.2) is 30.6 Å². The predicted molar refractivity (Wildman–Crippen MR) is 110 cm³/mol. The van der Waals surface area contributed by atoms with Crippen LogP contribution in [0.5, 0.6) is 5.75 Å². The quantitative estimate of drug-likeness (QED) is 0.575. The Bertz CT molecular complexity index is 929. The molecule has 3 heterocycles. The van der Waals surface area contributed by atoms with Crippen molar-refractivity contribution in [2.75, 3.05) is 11.5 Å². The molecule has 3 aromatic heterocycles. The number of nitrogen functional groups attached to an aromatic ring is 2. The van der Waals surface area contributed by atoms with E-state index in [0.717, 1.165) is 5.56 Å². The minimum absolute atomic E-state index is 0. The first kappa shape index (κ1) is 24.6. The van der Waals surface area contributed by atoms with Crippen LogP contribution in [0.25, 0.3) is 22.6 Å². The number of pyridine rings is 2. The number of hydrogen-bond donors (Lipinski definition) is 3. The lowest BCUT2D eigenvalue weighted by molar-refractivity contribution is 0.475. The lowest BCUT2D eigenvalue weighted by Crippen LogP contribution is -2.02.